The highest BCUT2D eigenvalue weighted by Crippen LogP contribution is 2.36. The average molecular weight is 363 g/mol. The molecule has 2 aromatic rings. The van der Waals surface area contributed by atoms with Crippen molar-refractivity contribution in [3.8, 4) is 0 Å². The molecule has 0 unspecified atom stereocenters. The van der Waals surface area contributed by atoms with Gasteiger partial charge in [-0.2, -0.15) is 0 Å². The van der Waals surface area contributed by atoms with Crippen molar-refractivity contribution in [1.82, 2.24) is 19.3 Å². The predicted molar refractivity (Wildman–Crippen MR) is 97.9 cm³/mol. The van der Waals surface area contributed by atoms with Crippen molar-refractivity contribution in [2.75, 3.05) is 30.8 Å². The summed E-state index contributed by atoms with van der Waals surface area (Å²) in [5, 5.41) is 1.01. The van der Waals surface area contributed by atoms with Gasteiger partial charge in [0.25, 0.3) is 0 Å². The minimum atomic E-state index is -3.11. The second kappa shape index (κ2) is 6.25. The largest absolute Gasteiger partial charge is 0.356 e. The summed E-state index contributed by atoms with van der Waals surface area (Å²) in [4.78, 5) is 13.9. The number of hydrogen-bond acceptors (Lipinski definition) is 5. The molecule has 0 radical (unpaired) electrons. The molecule has 0 spiro atoms. The number of fused-ring (bicyclic) bond motifs is 1. The summed E-state index contributed by atoms with van der Waals surface area (Å²) >= 11 is 0. The number of hydrogen-bond donors (Lipinski definition) is 1. The molecule has 2 aromatic heterocycles. The van der Waals surface area contributed by atoms with Crippen molar-refractivity contribution in [3.05, 3.63) is 18.6 Å². The molecule has 136 valence electrons. The smallest absolute Gasteiger partial charge is 0.214 e. The molecular formula is C17H25N5O2S. The number of sulfonamides is 1. The summed E-state index contributed by atoms with van der Waals surface area (Å²) < 4.78 is 26.8. The fourth-order valence-electron chi connectivity index (χ4n) is 4.02. The minimum absolute atomic E-state index is 0.247. The van der Waals surface area contributed by atoms with E-state index < -0.39 is 10.0 Å². The number of anilines is 1. The number of aromatic nitrogens is 3. The van der Waals surface area contributed by atoms with E-state index in [0.717, 1.165) is 36.1 Å². The van der Waals surface area contributed by atoms with Crippen molar-refractivity contribution >= 4 is 26.9 Å². The summed E-state index contributed by atoms with van der Waals surface area (Å²) in [7, 11) is -1.07. The van der Waals surface area contributed by atoms with Crippen LogP contribution in [0.15, 0.2) is 18.6 Å². The van der Waals surface area contributed by atoms with Gasteiger partial charge >= 0.3 is 0 Å². The van der Waals surface area contributed by atoms with Gasteiger partial charge in [-0.25, -0.2) is 22.7 Å². The molecule has 3 heterocycles. The Labute approximate surface area is 148 Å². The van der Waals surface area contributed by atoms with Crippen LogP contribution in [0.5, 0.6) is 0 Å². The van der Waals surface area contributed by atoms with Crippen LogP contribution < -0.4 is 4.90 Å². The van der Waals surface area contributed by atoms with E-state index >= 15 is 0 Å². The maximum absolute atomic E-state index is 12.6. The molecule has 1 saturated heterocycles. The zero-order valence-corrected chi connectivity index (χ0v) is 15.5. The molecule has 1 N–H and O–H groups in total. The van der Waals surface area contributed by atoms with Crippen LogP contribution in [0.1, 0.15) is 26.2 Å². The van der Waals surface area contributed by atoms with Crippen LogP contribution >= 0.6 is 0 Å². The highest BCUT2D eigenvalue weighted by atomic mass is 32.2. The number of rotatable bonds is 5. The Balaban J connectivity index is 1.38. The molecule has 7 nitrogen and oxygen atoms in total. The van der Waals surface area contributed by atoms with Gasteiger partial charge in [0.15, 0.2) is 0 Å². The Kier molecular flexibility index (Phi) is 4.19. The number of nitrogens with zero attached hydrogens (tertiary/aromatic N) is 4. The van der Waals surface area contributed by atoms with Gasteiger partial charge in [-0.1, -0.05) is 6.92 Å². The van der Waals surface area contributed by atoms with Crippen LogP contribution in [0.4, 0.5) is 5.82 Å². The number of H-pyrrole nitrogens is 1. The predicted octanol–water partition coefficient (Wildman–Crippen LogP) is 1.84. The third kappa shape index (κ3) is 3.13. The third-order valence-electron chi connectivity index (χ3n) is 5.65. The molecule has 25 heavy (non-hydrogen) atoms. The Hall–Kier alpha value is -1.67. The molecule has 1 atom stereocenters. The lowest BCUT2D eigenvalue weighted by atomic mass is 9.81. The first kappa shape index (κ1) is 16.8. The van der Waals surface area contributed by atoms with E-state index in [-0.39, 0.29) is 11.7 Å². The molecule has 0 aromatic carbocycles. The van der Waals surface area contributed by atoms with E-state index in [1.165, 1.54) is 0 Å². The van der Waals surface area contributed by atoms with E-state index in [4.69, 9.17) is 0 Å². The first-order valence-corrected chi connectivity index (χ1v) is 10.5. The number of aromatic amines is 1. The zero-order chi connectivity index (χ0) is 17.6. The van der Waals surface area contributed by atoms with Gasteiger partial charge in [-0.05, 0) is 37.2 Å². The Morgan fingerprint density at radius 2 is 2.16 bits per heavy atom. The molecule has 2 aliphatic rings. The zero-order valence-electron chi connectivity index (χ0n) is 14.7. The molecule has 4 rings (SSSR count). The molecule has 1 aliphatic heterocycles. The maximum Gasteiger partial charge on any atom is 0.214 e. The van der Waals surface area contributed by atoms with Crippen LogP contribution in [0, 0.1) is 11.8 Å². The first-order chi connectivity index (χ1) is 11.9. The van der Waals surface area contributed by atoms with Gasteiger partial charge in [0, 0.05) is 32.4 Å². The lowest BCUT2D eigenvalue weighted by Crippen LogP contribution is -2.46. The normalized spacial score (nSPS) is 27.5. The lowest BCUT2D eigenvalue weighted by Gasteiger charge is -2.42. The maximum atomic E-state index is 12.6. The summed E-state index contributed by atoms with van der Waals surface area (Å²) in [6, 6.07) is 2.32. The van der Waals surface area contributed by atoms with E-state index in [0.29, 0.717) is 25.0 Å². The number of nitrogens with one attached hydrogen (secondary N) is 1. The summed E-state index contributed by atoms with van der Waals surface area (Å²) in [5.41, 5.74) is 0.832. The Morgan fingerprint density at radius 3 is 2.88 bits per heavy atom. The highest BCUT2D eigenvalue weighted by molar-refractivity contribution is 7.89. The first-order valence-electron chi connectivity index (χ1n) is 8.93. The molecular weight excluding hydrogens is 338 g/mol. The molecule has 0 amide bonds. The van der Waals surface area contributed by atoms with E-state index in [9.17, 15) is 8.42 Å². The summed E-state index contributed by atoms with van der Waals surface area (Å²) in [6.07, 6.45) is 6.21. The highest BCUT2D eigenvalue weighted by Gasteiger charge is 2.38. The average Bonchev–Trinajstić information content (AvgIpc) is 3.18. The third-order valence-corrected chi connectivity index (χ3v) is 7.66. The Morgan fingerprint density at radius 1 is 1.36 bits per heavy atom. The minimum Gasteiger partial charge on any atom is -0.356 e. The van der Waals surface area contributed by atoms with Gasteiger partial charge in [0.05, 0.1) is 11.1 Å². The van der Waals surface area contributed by atoms with Crippen LogP contribution in [-0.2, 0) is 10.0 Å². The molecule has 8 heteroatoms. The summed E-state index contributed by atoms with van der Waals surface area (Å²) in [5.74, 6) is 1.92. The summed E-state index contributed by atoms with van der Waals surface area (Å²) in [6.45, 7) is 3.49. The SMILES string of the molecule is C[C@@H]1CCN(S(=O)(=O)CC2CC(N(C)c3ncnc4[nH]ccc34)C2)C1. The second-order valence-electron chi connectivity index (χ2n) is 7.57. The topological polar surface area (TPSA) is 82.2 Å². The lowest BCUT2D eigenvalue weighted by molar-refractivity contribution is 0.278. The van der Waals surface area contributed by atoms with Crippen molar-refractivity contribution in [3.63, 3.8) is 0 Å². The van der Waals surface area contributed by atoms with Crippen LogP contribution in [0.3, 0.4) is 0 Å². The Bertz CT molecular complexity index is 859. The fourth-order valence-corrected chi connectivity index (χ4v) is 5.96. The van der Waals surface area contributed by atoms with Gasteiger partial charge in [-0.15, -0.1) is 0 Å². The van der Waals surface area contributed by atoms with Crippen molar-refractivity contribution < 1.29 is 8.42 Å². The van der Waals surface area contributed by atoms with Crippen molar-refractivity contribution in [2.24, 2.45) is 11.8 Å². The van der Waals surface area contributed by atoms with Gasteiger partial charge in [0.1, 0.15) is 17.8 Å². The van der Waals surface area contributed by atoms with Gasteiger partial charge in [0.2, 0.25) is 10.0 Å². The molecule has 1 saturated carbocycles. The molecule has 0 bridgehead atoms. The van der Waals surface area contributed by atoms with Gasteiger partial charge in [-0.3, -0.25) is 0 Å². The van der Waals surface area contributed by atoms with Crippen LogP contribution in [0.25, 0.3) is 11.0 Å². The van der Waals surface area contributed by atoms with Crippen LogP contribution in [-0.4, -0.2) is 59.6 Å². The van der Waals surface area contributed by atoms with Gasteiger partial charge < -0.3 is 9.88 Å². The monoisotopic (exact) mass is 363 g/mol. The van der Waals surface area contributed by atoms with Crippen molar-refractivity contribution in [1.29, 1.82) is 0 Å². The fraction of sp³-hybridized carbons (Fsp3) is 0.647. The molecule has 1 aliphatic carbocycles. The van der Waals surface area contributed by atoms with E-state index in [1.807, 2.05) is 19.3 Å². The molecule has 2 fully saturated rings. The van der Waals surface area contributed by atoms with E-state index in [1.54, 1.807) is 10.6 Å². The van der Waals surface area contributed by atoms with E-state index in [2.05, 4.69) is 26.8 Å². The standard InChI is InChI=1S/C17H25N5O2S/c1-12-4-6-22(9-12)25(23,24)10-13-7-14(8-13)21(2)17-15-3-5-18-16(15)19-11-20-17/h3,5,11-14H,4,6-10H2,1-2H3,(H,18,19,20)/t12-,13?,14?/m1/s1. The quantitative estimate of drug-likeness (QED) is 0.877. The van der Waals surface area contributed by atoms with Crippen molar-refractivity contribution in [2.45, 2.75) is 32.2 Å². The van der Waals surface area contributed by atoms with Crippen LogP contribution in [0.2, 0.25) is 0 Å². The second-order valence-corrected chi connectivity index (χ2v) is 9.58.